The summed E-state index contributed by atoms with van der Waals surface area (Å²) in [5.74, 6) is -0.465. The van der Waals surface area contributed by atoms with Crippen molar-refractivity contribution in [1.29, 1.82) is 0 Å². The number of rotatable bonds is 1. The van der Waals surface area contributed by atoms with E-state index < -0.39 is 29.7 Å². The van der Waals surface area contributed by atoms with Gasteiger partial charge in [0.05, 0.1) is 6.04 Å². The van der Waals surface area contributed by atoms with Gasteiger partial charge in [-0.15, -0.1) is 0 Å². The molecule has 0 aromatic heterocycles. The number of ether oxygens (including phenoxy) is 1. The van der Waals surface area contributed by atoms with E-state index >= 15 is 0 Å². The predicted molar refractivity (Wildman–Crippen MR) is 56.8 cm³/mol. The Hall–Kier alpha value is -1.30. The quantitative estimate of drug-likeness (QED) is 0.580. The Morgan fingerprint density at radius 3 is 2.75 bits per heavy atom. The van der Waals surface area contributed by atoms with Gasteiger partial charge in [-0.25, -0.2) is 4.79 Å². The largest absolute Gasteiger partial charge is 0.444 e. The van der Waals surface area contributed by atoms with E-state index in [1.165, 1.54) is 0 Å². The highest BCUT2D eigenvalue weighted by molar-refractivity contribution is 5.83. The van der Waals surface area contributed by atoms with Crippen molar-refractivity contribution in [3.8, 4) is 0 Å². The molecule has 0 spiro atoms. The van der Waals surface area contributed by atoms with Gasteiger partial charge in [0, 0.05) is 6.54 Å². The minimum absolute atomic E-state index is 0.441. The smallest absolute Gasteiger partial charge is 0.407 e. The van der Waals surface area contributed by atoms with Crippen LogP contribution >= 0.6 is 0 Å². The first-order valence-corrected chi connectivity index (χ1v) is 5.25. The molecular weight excluding hydrogens is 212 g/mol. The maximum absolute atomic E-state index is 11.4. The standard InChI is InChI=1S/C10H18N2O4/c1-10(2,3)16-9(15)12-6-4-5-11-8(14)7(6)13/h6-7,13H,4-5H2,1-3H3,(H,11,14)(H,12,15). The summed E-state index contributed by atoms with van der Waals surface area (Å²) in [5, 5.41) is 14.5. The molecule has 6 nitrogen and oxygen atoms in total. The summed E-state index contributed by atoms with van der Waals surface area (Å²) in [6.45, 7) is 5.68. The van der Waals surface area contributed by atoms with Gasteiger partial charge in [0.25, 0.3) is 5.91 Å². The van der Waals surface area contributed by atoms with E-state index in [2.05, 4.69) is 10.6 Å². The molecule has 1 heterocycles. The summed E-state index contributed by atoms with van der Waals surface area (Å²) in [5.41, 5.74) is -0.591. The summed E-state index contributed by atoms with van der Waals surface area (Å²) in [7, 11) is 0. The molecule has 0 aliphatic carbocycles. The molecule has 1 saturated heterocycles. The molecule has 0 bridgehead atoms. The first-order valence-electron chi connectivity index (χ1n) is 5.25. The van der Waals surface area contributed by atoms with Crippen molar-refractivity contribution < 1.29 is 19.4 Å². The molecule has 0 saturated carbocycles. The third-order valence-electron chi connectivity index (χ3n) is 2.11. The van der Waals surface area contributed by atoms with Gasteiger partial charge < -0.3 is 20.5 Å². The number of hydrogen-bond acceptors (Lipinski definition) is 4. The van der Waals surface area contributed by atoms with Crippen LogP contribution in [0.5, 0.6) is 0 Å². The average molecular weight is 230 g/mol. The van der Waals surface area contributed by atoms with Gasteiger partial charge in [0.2, 0.25) is 0 Å². The number of carbonyl (C=O) groups is 2. The lowest BCUT2D eigenvalue weighted by atomic mass is 10.0. The van der Waals surface area contributed by atoms with Gasteiger partial charge in [0.15, 0.2) is 6.10 Å². The van der Waals surface area contributed by atoms with Crippen molar-refractivity contribution in [2.75, 3.05) is 6.54 Å². The van der Waals surface area contributed by atoms with Crippen LogP contribution in [0.3, 0.4) is 0 Å². The molecule has 6 heteroatoms. The van der Waals surface area contributed by atoms with Crippen LogP contribution in [0, 0.1) is 0 Å². The molecule has 1 fully saturated rings. The van der Waals surface area contributed by atoms with Crippen LogP contribution in [0.1, 0.15) is 27.2 Å². The number of nitrogens with one attached hydrogen (secondary N) is 2. The van der Waals surface area contributed by atoms with Crippen LogP contribution < -0.4 is 10.6 Å². The normalized spacial score (nSPS) is 25.9. The Morgan fingerprint density at radius 1 is 1.56 bits per heavy atom. The van der Waals surface area contributed by atoms with E-state index in [0.29, 0.717) is 13.0 Å². The molecule has 2 amide bonds. The van der Waals surface area contributed by atoms with Gasteiger partial charge >= 0.3 is 6.09 Å². The van der Waals surface area contributed by atoms with E-state index in [4.69, 9.17) is 4.74 Å². The number of hydrogen-bond donors (Lipinski definition) is 3. The minimum Gasteiger partial charge on any atom is -0.444 e. The van der Waals surface area contributed by atoms with E-state index in [9.17, 15) is 14.7 Å². The van der Waals surface area contributed by atoms with Crippen molar-refractivity contribution in [3.63, 3.8) is 0 Å². The second-order valence-electron chi connectivity index (χ2n) is 4.78. The van der Waals surface area contributed by atoms with E-state index in [1.54, 1.807) is 20.8 Å². The molecule has 1 aliphatic heterocycles. The van der Waals surface area contributed by atoms with Crippen molar-refractivity contribution in [1.82, 2.24) is 10.6 Å². The number of amides is 2. The molecule has 0 aromatic rings. The summed E-state index contributed by atoms with van der Waals surface area (Å²) >= 11 is 0. The second-order valence-corrected chi connectivity index (χ2v) is 4.78. The highest BCUT2D eigenvalue weighted by Crippen LogP contribution is 2.09. The van der Waals surface area contributed by atoms with Crippen molar-refractivity contribution >= 4 is 12.0 Å². The Kier molecular flexibility index (Phi) is 3.74. The molecule has 2 unspecified atom stereocenters. The van der Waals surface area contributed by atoms with Crippen LogP contribution in [-0.4, -0.2) is 41.4 Å². The number of aliphatic hydroxyl groups is 1. The van der Waals surface area contributed by atoms with Crippen molar-refractivity contribution in [2.24, 2.45) is 0 Å². The van der Waals surface area contributed by atoms with Crippen LogP contribution in [-0.2, 0) is 9.53 Å². The SMILES string of the molecule is CC(C)(C)OC(=O)NC1CCNC(=O)C1O. The highest BCUT2D eigenvalue weighted by atomic mass is 16.6. The Morgan fingerprint density at radius 2 is 2.19 bits per heavy atom. The molecule has 1 rings (SSSR count). The molecule has 0 radical (unpaired) electrons. The first kappa shape index (κ1) is 12.8. The lowest BCUT2D eigenvalue weighted by Gasteiger charge is -2.29. The fourth-order valence-electron chi connectivity index (χ4n) is 1.41. The summed E-state index contributed by atoms with van der Waals surface area (Å²) in [6.07, 6.45) is -1.33. The molecule has 92 valence electrons. The Labute approximate surface area is 94.3 Å². The number of piperidine rings is 1. The van der Waals surface area contributed by atoms with Gasteiger partial charge in [-0.3, -0.25) is 4.79 Å². The number of carbonyl (C=O) groups excluding carboxylic acids is 2. The van der Waals surface area contributed by atoms with Gasteiger partial charge in [-0.05, 0) is 27.2 Å². The average Bonchev–Trinajstić information content (AvgIpc) is 2.09. The number of alkyl carbamates (subject to hydrolysis) is 1. The summed E-state index contributed by atoms with van der Waals surface area (Å²) in [4.78, 5) is 22.5. The molecule has 16 heavy (non-hydrogen) atoms. The molecular formula is C10H18N2O4. The maximum atomic E-state index is 11.4. The first-order chi connectivity index (χ1) is 7.29. The lowest BCUT2D eigenvalue weighted by Crippen LogP contribution is -2.56. The van der Waals surface area contributed by atoms with Crippen molar-refractivity contribution in [2.45, 2.75) is 44.9 Å². The van der Waals surface area contributed by atoms with Gasteiger partial charge in [0.1, 0.15) is 5.60 Å². The fourth-order valence-corrected chi connectivity index (χ4v) is 1.41. The second kappa shape index (κ2) is 4.69. The third-order valence-corrected chi connectivity index (χ3v) is 2.11. The monoisotopic (exact) mass is 230 g/mol. The minimum atomic E-state index is -1.21. The van der Waals surface area contributed by atoms with Crippen LogP contribution in [0.25, 0.3) is 0 Å². The van der Waals surface area contributed by atoms with E-state index in [-0.39, 0.29) is 0 Å². The Bertz CT molecular complexity index is 285. The van der Waals surface area contributed by atoms with E-state index in [0.717, 1.165) is 0 Å². The van der Waals surface area contributed by atoms with Crippen molar-refractivity contribution in [3.05, 3.63) is 0 Å². The third kappa shape index (κ3) is 3.69. The molecule has 2 atom stereocenters. The number of aliphatic hydroxyl groups excluding tert-OH is 1. The summed E-state index contributed by atoms with van der Waals surface area (Å²) < 4.78 is 5.03. The highest BCUT2D eigenvalue weighted by Gasteiger charge is 2.32. The van der Waals surface area contributed by atoms with Gasteiger partial charge in [-0.2, -0.15) is 0 Å². The van der Waals surface area contributed by atoms with Crippen LogP contribution in [0.4, 0.5) is 4.79 Å². The van der Waals surface area contributed by atoms with Crippen LogP contribution in [0.15, 0.2) is 0 Å². The lowest BCUT2D eigenvalue weighted by molar-refractivity contribution is -0.132. The fraction of sp³-hybridized carbons (Fsp3) is 0.800. The van der Waals surface area contributed by atoms with E-state index in [1.807, 2.05) is 0 Å². The molecule has 1 aliphatic rings. The zero-order valence-electron chi connectivity index (χ0n) is 9.74. The maximum Gasteiger partial charge on any atom is 0.407 e. The van der Waals surface area contributed by atoms with Crippen LogP contribution in [0.2, 0.25) is 0 Å². The zero-order valence-corrected chi connectivity index (χ0v) is 9.74. The van der Waals surface area contributed by atoms with Gasteiger partial charge in [-0.1, -0.05) is 0 Å². The summed E-state index contributed by atoms with van der Waals surface area (Å²) in [6, 6.07) is -0.580. The predicted octanol–water partition coefficient (Wildman–Crippen LogP) is -0.240. The topological polar surface area (TPSA) is 87.7 Å². The zero-order chi connectivity index (χ0) is 12.3. The Balaban J connectivity index is 2.47. The molecule has 0 aromatic carbocycles. The molecule has 3 N–H and O–H groups in total.